The van der Waals surface area contributed by atoms with E-state index in [1.165, 1.54) is 42.4 Å². The van der Waals surface area contributed by atoms with Gasteiger partial charge in [0.15, 0.2) is 0 Å². The zero-order valence-corrected chi connectivity index (χ0v) is 13.0. The first-order valence-corrected chi connectivity index (χ1v) is 8.06. The molecule has 0 aliphatic rings. The molecule has 0 fully saturated rings. The normalized spacial score (nSPS) is 10.3. The summed E-state index contributed by atoms with van der Waals surface area (Å²) in [4.78, 5) is 0. The van der Waals surface area contributed by atoms with Crippen molar-refractivity contribution in [1.82, 2.24) is 0 Å². The van der Waals surface area contributed by atoms with E-state index in [9.17, 15) is 5.11 Å². The van der Waals surface area contributed by atoms with Gasteiger partial charge in [-0.1, -0.05) is 52.2 Å². The number of rotatable bonds is 9. The van der Waals surface area contributed by atoms with Gasteiger partial charge in [0.25, 0.3) is 0 Å². The molecule has 0 aromatic heterocycles. The molecule has 1 aromatic carbocycles. The maximum atomic E-state index is 10.4. The van der Waals surface area contributed by atoms with Crippen molar-refractivity contribution in [2.24, 2.45) is 0 Å². The van der Waals surface area contributed by atoms with E-state index in [-0.39, 0.29) is 29.6 Å². The van der Waals surface area contributed by atoms with Crippen molar-refractivity contribution >= 4 is 29.6 Å². The minimum absolute atomic E-state index is 0. The van der Waals surface area contributed by atoms with Gasteiger partial charge >= 0.3 is 29.6 Å². The Morgan fingerprint density at radius 1 is 0.750 bits per heavy atom. The molecule has 1 aromatic rings. The molecule has 110 valence electrons. The molecule has 0 unspecified atom stereocenters. The van der Waals surface area contributed by atoms with Crippen LogP contribution in [0.25, 0.3) is 0 Å². The fourth-order valence-corrected chi connectivity index (χ4v) is 2.47. The molecule has 0 saturated carbocycles. The predicted molar refractivity (Wildman–Crippen MR) is 91.1 cm³/mol. The molecule has 1 nitrogen and oxygen atoms in total. The monoisotopic (exact) mass is 286 g/mol. The fraction of sp³-hybridized carbons (Fsp3) is 0.667. The summed E-state index contributed by atoms with van der Waals surface area (Å²) in [6.45, 7) is 6.64. The molecule has 0 amide bonds. The van der Waals surface area contributed by atoms with E-state index in [0.29, 0.717) is 5.75 Å². The van der Waals surface area contributed by atoms with Crippen molar-refractivity contribution in [1.29, 1.82) is 0 Å². The van der Waals surface area contributed by atoms with Crippen molar-refractivity contribution < 1.29 is 5.11 Å². The topological polar surface area (TPSA) is 20.2 Å². The molecule has 20 heavy (non-hydrogen) atoms. The Bertz CT molecular complexity index is 345. The molecule has 0 atom stereocenters. The summed E-state index contributed by atoms with van der Waals surface area (Å²) in [7, 11) is 0. The third-order valence-corrected chi connectivity index (χ3v) is 3.75. The van der Waals surface area contributed by atoms with Crippen LogP contribution in [0.5, 0.6) is 5.75 Å². The first-order chi connectivity index (χ1) is 9.22. The van der Waals surface area contributed by atoms with Gasteiger partial charge < -0.3 is 5.11 Å². The zero-order valence-electron chi connectivity index (χ0n) is 13.0. The van der Waals surface area contributed by atoms with E-state index in [1.807, 2.05) is 0 Å². The first kappa shape index (κ1) is 20.0. The van der Waals surface area contributed by atoms with Gasteiger partial charge in [0.05, 0.1) is 0 Å². The van der Waals surface area contributed by atoms with Crippen LogP contribution in [-0.2, 0) is 19.3 Å². The van der Waals surface area contributed by atoms with Crippen molar-refractivity contribution in [2.75, 3.05) is 0 Å². The molecule has 0 bridgehead atoms. The first-order valence-electron chi connectivity index (χ1n) is 8.06. The van der Waals surface area contributed by atoms with Crippen molar-refractivity contribution in [3.8, 4) is 5.75 Å². The number of aromatic hydroxyl groups is 1. The standard InChI is InChI=1S/C18H30O.Na.H/c1-4-7-10-15-13-16(11-8-5-2)18(19)17(14-15)12-9-6-3;;/h13-14,19H,4-12H2,1-3H3;;. The SMILES string of the molecule is CCCCc1cc(CCCC)c(O)c(CCCC)c1.[NaH]. The number of phenols is 1. The Morgan fingerprint density at radius 2 is 1.15 bits per heavy atom. The summed E-state index contributed by atoms with van der Waals surface area (Å²) >= 11 is 0. The second-order valence-corrected chi connectivity index (χ2v) is 5.57. The van der Waals surface area contributed by atoms with Gasteiger partial charge in [-0.15, -0.1) is 0 Å². The average molecular weight is 286 g/mol. The summed E-state index contributed by atoms with van der Waals surface area (Å²) in [5, 5.41) is 10.4. The van der Waals surface area contributed by atoms with Crippen LogP contribution in [0.2, 0.25) is 0 Å². The predicted octanol–water partition coefficient (Wildman–Crippen LogP) is 4.77. The Balaban J connectivity index is 0.00000361. The van der Waals surface area contributed by atoms with Crippen LogP contribution in [0, 0.1) is 0 Å². The van der Waals surface area contributed by atoms with E-state index in [0.717, 1.165) is 32.1 Å². The van der Waals surface area contributed by atoms with Gasteiger partial charge in [-0.3, -0.25) is 0 Å². The average Bonchev–Trinajstić information content (AvgIpc) is 2.43. The van der Waals surface area contributed by atoms with Crippen LogP contribution in [0.4, 0.5) is 0 Å². The van der Waals surface area contributed by atoms with Crippen LogP contribution in [-0.4, -0.2) is 34.7 Å². The Hall–Kier alpha value is 0.0200. The summed E-state index contributed by atoms with van der Waals surface area (Å²) in [6, 6.07) is 4.46. The number of hydrogen-bond acceptors (Lipinski definition) is 1. The summed E-state index contributed by atoms with van der Waals surface area (Å²) in [5.74, 6) is 0.571. The zero-order chi connectivity index (χ0) is 14.1. The second kappa shape index (κ2) is 11.7. The van der Waals surface area contributed by atoms with Crippen LogP contribution < -0.4 is 0 Å². The van der Waals surface area contributed by atoms with Gasteiger partial charge in [0.1, 0.15) is 5.75 Å². The number of aryl methyl sites for hydroxylation is 3. The Labute approximate surface area is 147 Å². The van der Waals surface area contributed by atoms with Crippen molar-refractivity contribution in [2.45, 2.75) is 78.6 Å². The van der Waals surface area contributed by atoms with E-state index >= 15 is 0 Å². The molecule has 1 rings (SSSR count). The molecule has 1 N–H and O–H groups in total. The molecule has 0 saturated heterocycles. The van der Waals surface area contributed by atoms with Crippen LogP contribution in [0.15, 0.2) is 12.1 Å². The number of unbranched alkanes of at least 4 members (excludes halogenated alkanes) is 3. The van der Waals surface area contributed by atoms with E-state index in [4.69, 9.17) is 0 Å². The van der Waals surface area contributed by atoms with E-state index < -0.39 is 0 Å². The summed E-state index contributed by atoms with van der Waals surface area (Å²) in [6.07, 6.45) is 10.3. The number of phenolic OH excluding ortho intramolecular Hbond substituents is 1. The quantitative estimate of drug-likeness (QED) is 0.648. The summed E-state index contributed by atoms with van der Waals surface area (Å²) in [5.41, 5.74) is 3.75. The van der Waals surface area contributed by atoms with Crippen LogP contribution >= 0.6 is 0 Å². The van der Waals surface area contributed by atoms with Gasteiger partial charge in [-0.05, 0) is 55.2 Å². The molecule has 0 spiro atoms. The van der Waals surface area contributed by atoms with E-state index in [1.54, 1.807) is 0 Å². The molecule has 2 heteroatoms. The van der Waals surface area contributed by atoms with Gasteiger partial charge in [-0.2, -0.15) is 0 Å². The van der Waals surface area contributed by atoms with E-state index in [2.05, 4.69) is 32.9 Å². The molecule has 0 aliphatic carbocycles. The van der Waals surface area contributed by atoms with Crippen LogP contribution in [0.3, 0.4) is 0 Å². The van der Waals surface area contributed by atoms with Crippen LogP contribution in [0.1, 0.15) is 76.0 Å². The number of hydrogen-bond donors (Lipinski definition) is 1. The maximum absolute atomic E-state index is 10.4. The molecular formula is C18H31NaO. The van der Waals surface area contributed by atoms with Gasteiger partial charge in [0, 0.05) is 0 Å². The molecule has 0 aliphatic heterocycles. The number of benzene rings is 1. The Morgan fingerprint density at radius 3 is 1.55 bits per heavy atom. The fourth-order valence-electron chi connectivity index (χ4n) is 2.47. The van der Waals surface area contributed by atoms with Crippen molar-refractivity contribution in [3.05, 3.63) is 28.8 Å². The van der Waals surface area contributed by atoms with Gasteiger partial charge in [-0.25, -0.2) is 0 Å². The second-order valence-electron chi connectivity index (χ2n) is 5.57. The third kappa shape index (κ3) is 6.65. The summed E-state index contributed by atoms with van der Waals surface area (Å²) < 4.78 is 0. The molecule has 0 heterocycles. The third-order valence-electron chi connectivity index (χ3n) is 3.75. The molecular weight excluding hydrogens is 255 g/mol. The van der Waals surface area contributed by atoms with Gasteiger partial charge in [0.2, 0.25) is 0 Å². The van der Waals surface area contributed by atoms with Crippen molar-refractivity contribution in [3.63, 3.8) is 0 Å². The Kier molecular flexibility index (Phi) is 11.7. The molecule has 0 radical (unpaired) electrons. The minimum atomic E-state index is 0.